The first-order valence-corrected chi connectivity index (χ1v) is 23.8. The normalized spacial score (nSPS) is 11.7. The molecule has 30 nitrogen and oxygen atoms in total. The number of imide groups is 1. The minimum atomic E-state index is -0.748. The molecule has 1 fully saturated rings. The van der Waals surface area contributed by atoms with Crippen LogP contribution in [0.2, 0.25) is 0 Å². The number of nitrogens with two attached hydrogens (primary N) is 1. The van der Waals surface area contributed by atoms with Gasteiger partial charge in [0.05, 0.1) is 19.6 Å². The molecular weight excluding hydrogens is 1000 g/mol. The average Bonchev–Trinajstić information content (AvgIpc) is 3.65. The molecule has 9 amide bonds. The Kier molecular flexibility index (Phi) is 42.5. The van der Waals surface area contributed by atoms with Gasteiger partial charge in [-0.15, -0.1) is 5.06 Å². The number of hydrogen-bond donors (Lipinski definition) is 8. The molecule has 75 heavy (non-hydrogen) atoms. The minimum absolute atomic E-state index is 0. The highest BCUT2D eigenvalue weighted by molar-refractivity contribution is 6.01. The number of hydrogen-bond acceptors (Lipinski definition) is 22. The summed E-state index contributed by atoms with van der Waals surface area (Å²) in [6.07, 6.45) is -1.36. The van der Waals surface area contributed by atoms with Crippen LogP contribution >= 0.6 is 0 Å². The first kappa shape index (κ1) is 72.7. The fourth-order valence-corrected chi connectivity index (χ4v) is 4.76. The third-order valence-corrected chi connectivity index (χ3v) is 8.20. The predicted molar refractivity (Wildman–Crippen MR) is 265 cm³/mol. The lowest BCUT2D eigenvalue weighted by Crippen LogP contribution is -2.33. The monoisotopic (exact) mass is 1090 g/mol. The van der Waals surface area contributed by atoms with Crippen LogP contribution in [0.1, 0.15) is 113 Å². The van der Waals surface area contributed by atoms with E-state index >= 15 is 0 Å². The Hall–Kier alpha value is -6.50. The van der Waals surface area contributed by atoms with Crippen LogP contribution in [-0.2, 0) is 71.6 Å². The van der Waals surface area contributed by atoms with Crippen molar-refractivity contribution in [2.75, 3.05) is 94.1 Å². The third-order valence-electron chi connectivity index (χ3n) is 8.20. The number of nitrogens with one attached hydrogen (secondary N) is 7. The topological polar surface area (TPSA) is 386 Å². The second kappa shape index (κ2) is 43.9. The van der Waals surface area contributed by atoms with Crippen molar-refractivity contribution < 1.29 is 100 Å². The number of alkyl carbamates (subject to hydrolysis) is 4. The van der Waals surface area contributed by atoms with E-state index in [1.165, 1.54) is 28.2 Å². The van der Waals surface area contributed by atoms with Crippen molar-refractivity contribution in [2.45, 2.75) is 137 Å². The molecule has 30 heteroatoms. The molecule has 0 aromatic carbocycles. The SMILES string of the molecule is C.CC(C)(C)OC(=O)NOCCCCN.CNC(=O)OCC(COC(=O)NC)OCCCC(=O)NCCCCONC(=O)OC(C)(C)C.CNC(=O)OCC(COC(=O)NC)OCCCC(=O)ON1C(=O)CCC1=O. The quantitative estimate of drug-likeness (QED) is 0.0222. The number of hydroxylamine groups is 4. The minimum Gasteiger partial charge on any atom is -0.447 e. The molecule has 0 atom stereocenters. The van der Waals surface area contributed by atoms with E-state index in [1.807, 2.05) is 0 Å². The Morgan fingerprint density at radius 3 is 1.27 bits per heavy atom. The van der Waals surface area contributed by atoms with Gasteiger partial charge in [0.1, 0.15) is 49.8 Å². The molecule has 0 aliphatic carbocycles. The van der Waals surface area contributed by atoms with Gasteiger partial charge in [0.2, 0.25) is 5.91 Å². The van der Waals surface area contributed by atoms with Crippen LogP contribution in [0.4, 0.5) is 28.8 Å². The summed E-state index contributed by atoms with van der Waals surface area (Å²) in [6, 6.07) is 0. The van der Waals surface area contributed by atoms with Gasteiger partial charge in [0.25, 0.3) is 11.8 Å². The highest BCUT2D eigenvalue weighted by Gasteiger charge is 2.32. The van der Waals surface area contributed by atoms with E-state index in [0.717, 1.165) is 12.8 Å². The van der Waals surface area contributed by atoms with E-state index in [2.05, 4.69) is 37.5 Å². The summed E-state index contributed by atoms with van der Waals surface area (Å²) in [6.45, 7) is 12.2. The van der Waals surface area contributed by atoms with Gasteiger partial charge in [0.15, 0.2) is 0 Å². The van der Waals surface area contributed by atoms with Crippen molar-refractivity contribution >= 4 is 60.3 Å². The number of carbonyl (C=O) groups is 10. The van der Waals surface area contributed by atoms with E-state index < -0.39 is 77.8 Å². The molecule has 1 rings (SSSR count). The van der Waals surface area contributed by atoms with Gasteiger partial charge in [-0.3, -0.25) is 24.1 Å². The Bertz CT molecular complexity index is 1630. The first-order valence-electron chi connectivity index (χ1n) is 23.8. The molecule has 9 N–H and O–H groups in total. The Labute approximate surface area is 438 Å². The van der Waals surface area contributed by atoms with Crippen LogP contribution in [0.25, 0.3) is 0 Å². The Morgan fingerprint density at radius 1 is 0.533 bits per heavy atom. The summed E-state index contributed by atoms with van der Waals surface area (Å²) in [7, 11) is 5.62. The average molecular weight is 1090 g/mol. The zero-order valence-corrected chi connectivity index (χ0v) is 44.4. The molecule has 0 aromatic heterocycles. The number of ether oxygens (including phenoxy) is 8. The molecule has 0 aromatic rings. The second-order valence-electron chi connectivity index (χ2n) is 17.1. The maximum Gasteiger partial charge on any atom is 0.431 e. The molecule has 0 radical (unpaired) electrons. The van der Waals surface area contributed by atoms with Crippen molar-refractivity contribution in [3.05, 3.63) is 0 Å². The summed E-state index contributed by atoms with van der Waals surface area (Å²) >= 11 is 0. The number of carbonyl (C=O) groups excluding carboxylic acids is 10. The number of nitrogens with zero attached hydrogens (tertiary/aromatic N) is 1. The maximum absolute atomic E-state index is 11.9. The highest BCUT2D eigenvalue weighted by Crippen LogP contribution is 2.13. The van der Waals surface area contributed by atoms with Crippen LogP contribution in [-0.4, -0.2) is 183 Å². The fraction of sp³-hybridized carbons (Fsp3) is 0.778. The summed E-state index contributed by atoms with van der Waals surface area (Å²) in [5.41, 5.74) is 8.59. The first-order chi connectivity index (χ1) is 34.9. The van der Waals surface area contributed by atoms with Crippen molar-refractivity contribution in [1.82, 2.24) is 42.6 Å². The number of unbranched alkanes of at least 4 members (excludes halogenated alkanes) is 2. The smallest absolute Gasteiger partial charge is 0.431 e. The van der Waals surface area contributed by atoms with Gasteiger partial charge >= 0.3 is 42.5 Å². The lowest BCUT2D eigenvalue weighted by atomic mass is 10.2. The lowest BCUT2D eigenvalue weighted by Gasteiger charge is -2.19. The molecular formula is C45H85N9O21. The summed E-state index contributed by atoms with van der Waals surface area (Å²) in [5.74, 6) is -1.99. The molecule has 436 valence electrons. The zero-order valence-electron chi connectivity index (χ0n) is 44.4. The van der Waals surface area contributed by atoms with Crippen LogP contribution in [0, 0.1) is 0 Å². The molecule has 1 aliphatic rings. The van der Waals surface area contributed by atoms with Crippen molar-refractivity contribution in [1.29, 1.82) is 0 Å². The van der Waals surface area contributed by atoms with Crippen LogP contribution < -0.4 is 43.3 Å². The van der Waals surface area contributed by atoms with Gasteiger partial charge in [-0.25, -0.2) is 33.6 Å². The summed E-state index contributed by atoms with van der Waals surface area (Å²) in [4.78, 5) is 128. The van der Waals surface area contributed by atoms with Crippen molar-refractivity contribution in [3.8, 4) is 0 Å². The van der Waals surface area contributed by atoms with E-state index in [4.69, 9.17) is 58.1 Å². The largest absolute Gasteiger partial charge is 0.447 e. The fourth-order valence-electron chi connectivity index (χ4n) is 4.76. The van der Waals surface area contributed by atoms with Gasteiger partial charge < -0.3 is 75.1 Å². The molecule has 0 unspecified atom stereocenters. The molecule has 0 bridgehead atoms. The second-order valence-corrected chi connectivity index (χ2v) is 17.1. The van der Waals surface area contributed by atoms with Gasteiger partial charge in [-0.1, -0.05) is 7.43 Å². The predicted octanol–water partition coefficient (Wildman–Crippen LogP) is 2.51. The van der Waals surface area contributed by atoms with Crippen LogP contribution in [0.5, 0.6) is 0 Å². The lowest BCUT2D eigenvalue weighted by molar-refractivity contribution is -0.197. The zero-order chi connectivity index (χ0) is 56.4. The van der Waals surface area contributed by atoms with E-state index in [-0.39, 0.29) is 85.1 Å². The number of amides is 9. The number of rotatable bonds is 30. The summed E-state index contributed by atoms with van der Waals surface area (Å²) < 4.78 is 40.5. The van der Waals surface area contributed by atoms with Crippen LogP contribution in [0.15, 0.2) is 0 Å². The third kappa shape index (κ3) is 45.8. The van der Waals surface area contributed by atoms with E-state index in [1.54, 1.807) is 41.5 Å². The molecule has 1 aliphatic heterocycles. The maximum atomic E-state index is 11.9. The van der Waals surface area contributed by atoms with E-state index in [0.29, 0.717) is 50.6 Å². The van der Waals surface area contributed by atoms with E-state index in [9.17, 15) is 47.9 Å². The molecule has 0 saturated carbocycles. The van der Waals surface area contributed by atoms with Crippen LogP contribution in [0.3, 0.4) is 0 Å². The van der Waals surface area contributed by atoms with Gasteiger partial charge in [-0.2, -0.15) is 11.0 Å². The molecule has 1 heterocycles. The highest BCUT2D eigenvalue weighted by atomic mass is 16.7. The summed E-state index contributed by atoms with van der Waals surface area (Å²) in [5, 5.41) is 12.4. The van der Waals surface area contributed by atoms with Gasteiger partial charge in [-0.05, 0) is 86.6 Å². The van der Waals surface area contributed by atoms with Crippen molar-refractivity contribution in [3.63, 3.8) is 0 Å². The standard InChI is InChI=1S/C20H38N4O9.C15H23N3O9.C9H20N2O3.CH4/c1-20(2,3)33-19(28)24-32-12-7-6-10-23-16(25)9-8-11-29-15(13-30-17(26)21-4)14-31-18(27)22-5;1-16-14(22)25-8-10(9-26-15(23)17-2)24-7-3-4-13(21)27-18-11(19)5-6-12(18)20;1-9(2,3)14-8(12)11-13-7-5-4-6-10;/h15H,6-14H2,1-5H3,(H,21,26)(H,22,27)(H,23,25)(H,24,28);10H,3-9H2,1-2H3,(H,16,22)(H,17,23);4-7,10H2,1-3H3,(H,11,12);1H4. The van der Waals surface area contributed by atoms with Gasteiger partial charge in [0, 0.05) is 67.2 Å². The Morgan fingerprint density at radius 2 is 0.907 bits per heavy atom. The Balaban J connectivity index is -0.00000111. The molecule has 0 spiro atoms. The van der Waals surface area contributed by atoms with Crippen molar-refractivity contribution in [2.24, 2.45) is 5.73 Å². The molecule has 1 saturated heterocycles.